The topological polar surface area (TPSA) is 49.2 Å². The highest BCUT2D eigenvalue weighted by Crippen LogP contribution is 2.21. The second kappa shape index (κ2) is 7.33. The Morgan fingerprint density at radius 1 is 1.35 bits per heavy atom. The van der Waals surface area contributed by atoms with Crippen LogP contribution >= 0.6 is 11.8 Å². The molecule has 0 saturated heterocycles. The molecule has 1 rings (SSSR count). The lowest BCUT2D eigenvalue weighted by atomic mass is 10.5. The fourth-order valence-electron chi connectivity index (χ4n) is 1.26. The molecule has 0 aromatic carbocycles. The van der Waals surface area contributed by atoms with Crippen LogP contribution in [0.4, 0.5) is 0 Å². The molecule has 6 heteroatoms. The van der Waals surface area contributed by atoms with Crippen molar-refractivity contribution < 1.29 is 9.47 Å². The normalized spacial score (nSPS) is 10.8. The first-order valence-corrected chi connectivity index (χ1v) is 6.41. The van der Waals surface area contributed by atoms with Gasteiger partial charge in [-0.2, -0.15) is 0 Å². The molecule has 1 aromatic rings. The van der Waals surface area contributed by atoms with Crippen molar-refractivity contribution in [3.63, 3.8) is 0 Å². The summed E-state index contributed by atoms with van der Waals surface area (Å²) < 4.78 is 12.8. The van der Waals surface area contributed by atoms with Gasteiger partial charge in [-0.15, -0.1) is 16.6 Å². The molecule has 0 spiro atoms. The summed E-state index contributed by atoms with van der Waals surface area (Å²) in [4.78, 5) is 0. The van der Waals surface area contributed by atoms with Gasteiger partial charge >= 0.3 is 0 Å². The van der Waals surface area contributed by atoms with Crippen LogP contribution in [0.3, 0.4) is 0 Å². The van der Waals surface area contributed by atoms with Gasteiger partial charge in [0, 0.05) is 20.3 Å². The summed E-state index contributed by atoms with van der Waals surface area (Å²) in [5.41, 5.74) is 0. The monoisotopic (exact) mass is 255 g/mol. The third-order valence-corrected chi connectivity index (χ3v) is 2.92. The first-order chi connectivity index (χ1) is 8.24. The third kappa shape index (κ3) is 3.73. The van der Waals surface area contributed by atoms with E-state index < -0.39 is 6.29 Å². The zero-order chi connectivity index (χ0) is 12.7. The fraction of sp³-hybridized carbons (Fsp3) is 0.636. The van der Waals surface area contributed by atoms with E-state index in [0.717, 1.165) is 5.16 Å². The van der Waals surface area contributed by atoms with Gasteiger partial charge in [0.2, 0.25) is 6.29 Å². The maximum atomic E-state index is 5.47. The maximum Gasteiger partial charge on any atom is 0.219 e. The number of hydrogen-bond acceptors (Lipinski definition) is 5. The van der Waals surface area contributed by atoms with Crippen molar-refractivity contribution in [2.24, 2.45) is 7.05 Å². The molecule has 17 heavy (non-hydrogen) atoms. The van der Waals surface area contributed by atoms with Crippen LogP contribution in [0.2, 0.25) is 0 Å². The average molecular weight is 255 g/mol. The maximum absolute atomic E-state index is 5.47. The van der Waals surface area contributed by atoms with Gasteiger partial charge in [0.05, 0.1) is 5.75 Å². The molecule has 94 valence electrons. The highest BCUT2D eigenvalue weighted by Gasteiger charge is 2.19. The van der Waals surface area contributed by atoms with Crippen LogP contribution in [-0.4, -0.2) is 33.7 Å². The van der Waals surface area contributed by atoms with Crippen molar-refractivity contribution in [2.45, 2.75) is 25.3 Å². The molecule has 0 aliphatic rings. The molecule has 0 fully saturated rings. The number of rotatable bonds is 7. The Labute approximate surface area is 106 Å². The zero-order valence-corrected chi connectivity index (χ0v) is 11.2. The minimum atomic E-state index is -0.470. The molecule has 1 heterocycles. The van der Waals surface area contributed by atoms with E-state index in [2.05, 4.69) is 16.1 Å². The number of nitrogens with zero attached hydrogens (tertiary/aromatic N) is 3. The average Bonchev–Trinajstić information content (AvgIpc) is 2.68. The zero-order valence-electron chi connectivity index (χ0n) is 10.3. The van der Waals surface area contributed by atoms with Gasteiger partial charge in [-0.05, 0) is 13.8 Å². The number of terminal acetylenes is 1. The minimum absolute atomic E-state index is 0.470. The van der Waals surface area contributed by atoms with Crippen LogP contribution < -0.4 is 0 Å². The molecule has 1 aromatic heterocycles. The quantitative estimate of drug-likeness (QED) is 0.421. The van der Waals surface area contributed by atoms with Gasteiger partial charge in [0.25, 0.3) is 0 Å². The van der Waals surface area contributed by atoms with Gasteiger partial charge in [-0.1, -0.05) is 17.7 Å². The SMILES string of the molecule is C#CCSc1nnc(C(OCC)OCC)n1C. The van der Waals surface area contributed by atoms with E-state index in [0.29, 0.717) is 24.8 Å². The van der Waals surface area contributed by atoms with Gasteiger partial charge in [0.1, 0.15) is 0 Å². The van der Waals surface area contributed by atoms with E-state index in [1.54, 1.807) is 0 Å². The Bertz CT molecular complexity index is 381. The van der Waals surface area contributed by atoms with E-state index >= 15 is 0 Å². The van der Waals surface area contributed by atoms with E-state index in [1.165, 1.54) is 11.8 Å². The lowest BCUT2D eigenvalue weighted by Crippen LogP contribution is -2.14. The molecule has 0 radical (unpaired) electrons. The summed E-state index contributed by atoms with van der Waals surface area (Å²) in [7, 11) is 1.87. The molecule has 0 aliphatic heterocycles. The number of hydrogen-bond donors (Lipinski definition) is 0. The van der Waals surface area contributed by atoms with E-state index in [9.17, 15) is 0 Å². The Hall–Kier alpha value is -1.03. The lowest BCUT2D eigenvalue weighted by molar-refractivity contribution is -0.146. The van der Waals surface area contributed by atoms with Crippen molar-refractivity contribution in [1.29, 1.82) is 0 Å². The molecule has 0 N–H and O–H groups in total. The summed E-state index contributed by atoms with van der Waals surface area (Å²) in [6, 6.07) is 0. The molecular weight excluding hydrogens is 238 g/mol. The Morgan fingerprint density at radius 2 is 2.00 bits per heavy atom. The molecule has 0 bridgehead atoms. The molecule has 0 unspecified atom stereocenters. The lowest BCUT2D eigenvalue weighted by Gasteiger charge is -2.15. The number of ether oxygens (including phenoxy) is 2. The van der Waals surface area contributed by atoms with Crippen LogP contribution in [0, 0.1) is 12.3 Å². The summed E-state index contributed by atoms with van der Waals surface area (Å²) in [6.45, 7) is 4.95. The van der Waals surface area contributed by atoms with E-state index in [4.69, 9.17) is 15.9 Å². The van der Waals surface area contributed by atoms with E-state index in [1.807, 2.05) is 25.5 Å². The summed E-state index contributed by atoms with van der Waals surface area (Å²) in [5, 5.41) is 8.90. The van der Waals surface area contributed by atoms with E-state index in [-0.39, 0.29) is 0 Å². The second-order valence-electron chi connectivity index (χ2n) is 3.14. The standard InChI is InChI=1S/C11H17N3O2S/c1-5-8-17-11-13-12-9(14(11)4)10(15-6-2)16-7-3/h1,10H,6-8H2,2-4H3. The first-order valence-electron chi connectivity index (χ1n) is 5.43. The van der Waals surface area contributed by atoms with Crippen molar-refractivity contribution in [2.75, 3.05) is 19.0 Å². The third-order valence-electron chi connectivity index (χ3n) is 2.00. The summed E-state index contributed by atoms with van der Waals surface area (Å²) in [5.74, 6) is 3.78. The van der Waals surface area contributed by atoms with Crippen LogP contribution in [0.5, 0.6) is 0 Å². The predicted octanol–water partition coefficient (Wildman–Crippen LogP) is 1.61. The van der Waals surface area contributed by atoms with Gasteiger partial charge < -0.3 is 14.0 Å². The first kappa shape index (κ1) is 14.0. The number of aromatic nitrogens is 3. The predicted molar refractivity (Wildman–Crippen MR) is 66.6 cm³/mol. The molecular formula is C11H17N3O2S. The highest BCUT2D eigenvalue weighted by molar-refractivity contribution is 7.99. The van der Waals surface area contributed by atoms with Crippen LogP contribution in [0.15, 0.2) is 5.16 Å². The molecule has 0 saturated carbocycles. The Kier molecular flexibility index (Phi) is 6.05. The second-order valence-corrected chi connectivity index (χ2v) is 4.08. The van der Waals surface area contributed by atoms with Gasteiger partial charge in [-0.3, -0.25) is 0 Å². The van der Waals surface area contributed by atoms with Gasteiger partial charge in [0.15, 0.2) is 11.0 Å². The van der Waals surface area contributed by atoms with Crippen LogP contribution in [0.25, 0.3) is 0 Å². The largest absolute Gasteiger partial charge is 0.346 e. The van der Waals surface area contributed by atoms with Crippen LogP contribution in [-0.2, 0) is 16.5 Å². The van der Waals surface area contributed by atoms with Crippen LogP contribution in [0.1, 0.15) is 26.0 Å². The van der Waals surface area contributed by atoms with Crippen molar-refractivity contribution in [3.05, 3.63) is 5.82 Å². The smallest absolute Gasteiger partial charge is 0.219 e. The molecule has 0 aliphatic carbocycles. The molecule has 0 atom stereocenters. The number of thioether (sulfide) groups is 1. The van der Waals surface area contributed by atoms with Gasteiger partial charge in [-0.25, -0.2) is 0 Å². The summed E-state index contributed by atoms with van der Waals surface area (Å²) >= 11 is 1.46. The minimum Gasteiger partial charge on any atom is -0.346 e. The van der Waals surface area contributed by atoms with Crippen molar-refractivity contribution in [1.82, 2.24) is 14.8 Å². The highest BCUT2D eigenvalue weighted by atomic mass is 32.2. The Balaban J connectivity index is 2.81. The van der Waals surface area contributed by atoms with Crippen molar-refractivity contribution >= 4 is 11.8 Å². The Morgan fingerprint density at radius 3 is 2.53 bits per heavy atom. The summed E-state index contributed by atoms with van der Waals surface area (Å²) in [6.07, 6.45) is 4.74. The fourth-order valence-corrected chi connectivity index (χ4v) is 1.86. The van der Waals surface area contributed by atoms with Crippen molar-refractivity contribution in [3.8, 4) is 12.3 Å². The molecule has 0 amide bonds. The molecule has 5 nitrogen and oxygen atoms in total.